The van der Waals surface area contributed by atoms with E-state index in [1.54, 1.807) is 12.1 Å². The highest BCUT2D eigenvalue weighted by Gasteiger charge is 2.36. The van der Waals surface area contributed by atoms with Crippen LogP contribution in [0.4, 0.5) is 5.69 Å². The number of nitrogens with zero attached hydrogens (tertiary/aromatic N) is 1. The molecule has 32 heavy (non-hydrogen) atoms. The standard InChI is InChI=1S/C25H22N2O4S/c1-32(29,30)27-16-20-8-3-2-6-18(20)14-22(27)25(28)26-21-12-10-17(11-13-21)24-15-19-7-4-5-9-23(19)31-24/h2-13,15,22H,14,16H2,1H3,(H,26,28). The summed E-state index contributed by atoms with van der Waals surface area (Å²) in [6.07, 6.45) is 1.48. The zero-order chi connectivity index (χ0) is 22.3. The number of benzene rings is 3. The summed E-state index contributed by atoms with van der Waals surface area (Å²) < 4.78 is 31.9. The molecule has 3 aromatic carbocycles. The number of sulfonamides is 1. The molecule has 1 aromatic heterocycles. The fraction of sp³-hybridized carbons (Fsp3) is 0.160. The third-order valence-electron chi connectivity index (χ3n) is 5.80. The Labute approximate surface area is 186 Å². The fourth-order valence-electron chi connectivity index (χ4n) is 4.14. The predicted octanol–water partition coefficient (Wildman–Crippen LogP) is 4.42. The molecule has 1 amide bonds. The zero-order valence-corrected chi connectivity index (χ0v) is 18.3. The first-order valence-corrected chi connectivity index (χ1v) is 12.2. The second-order valence-corrected chi connectivity index (χ2v) is 9.95. The summed E-state index contributed by atoms with van der Waals surface area (Å²) in [4.78, 5) is 13.1. The number of hydrogen-bond donors (Lipinski definition) is 1. The van der Waals surface area contributed by atoms with Crippen molar-refractivity contribution < 1.29 is 17.6 Å². The Balaban J connectivity index is 1.37. The Morgan fingerprint density at radius 3 is 2.38 bits per heavy atom. The van der Waals surface area contributed by atoms with Crippen molar-refractivity contribution in [2.24, 2.45) is 0 Å². The predicted molar refractivity (Wildman–Crippen MR) is 125 cm³/mol. The van der Waals surface area contributed by atoms with Crippen LogP contribution in [-0.2, 0) is 27.8 Å². The lowest BCUT2D eigenvalue weighted by atomic mass is 9.95. The Hall–Kier alpha value is -3.42. The van der Waals surface area contributed by atoms with E-state index in [-0.39, 0.29) is 12.5 Å². The van der Waals surface area contributed by atoms with Gasteiger partial charge in [0.25, 0.3) is 0 Å². The molecule has 1 atom stereocenters. The van der Waals surface area contributed by atoms with Gasteiger partial charge in [0.1, 0.15) is 17.4 Å². The normalized spacial score (nSPS) is 16.6. The number of para-hydroxylation sites is 1. The van der Waals surface area contributed by atoms with Gasteiger partial charge in [-0.1, -0.05) is 42.5 Å². The van der Waals surface area contributed by atoms with Crippen molar-refractivity contribution in [2.45, 2.75) is 19.0 Å². The maximum absolute atomic E-state index is 13.1. The second-order valence-electron chi connectivity index (χ2n) is 8.01. The van der Waals surface area contributed by atoms with E-state index in [9.17, 15) is 13.2 Å². The summed E-state index contributed by atoms with van der Waals surface area (Å²) in [7, 11) is -3.55. The van der Waals surface area contributed by atoms with Crippen molar-refractivity contribution in [1.29, 1.82) is 0 Å². The van der Waals surface area contributed by atoms with E-state index in [4.69, 9.17) is 4.42 Å². The zero-order valence-electron chi connectivity index (χ0n) is 17.5. The van der Waals surface area contributed by atoms with Crippen LogP contribution < -0.4 is 5.32 Å². The molecule has 0 spiro atoms. The van der Waals surface area contributed by atoms with Crippen LogP contribution in [0.15, 0.2) is 83.3 Å². The van der Waals surface area contributed by atoms with Crippen LogP contribution in [-0.4, -0.2) is 30.9 Å². The first kappa shape index (κ1) is 20.5. The molecule has 0 aliphatic carbocycles. The Bertz CT molecular complexity index is 1370. The third kappa shape index (κ3) is 3.92. The molecular weight excluding hydrogens is 424 g/mol. The number of amides is 1. The molecule has 1 aliphatic rings. The van der Waals surface area contributed by atoms with Gasteiger partial charge in [0.05, 0.1) is 6.26 Å². The van der Waals surface area contributed by atoms with Gasteiger partial charge >= 0.3 is 0 Å². The van der Waals surface area contributed by atoms with Crippen LogP contribution in [0.2, 0.25) is 0 Å². The largest absolute Gasteiger partial charge is 0.456 e. The average Bonchev–Trinajstić information content (AvgIpc) is 3.22. The molecule has 7 heteroatoms. The van der Waals surface area contributed by atoms with Crippen LogP contribution in [0.25, 0.3) is 22.3 Å². The molecule has 0 saturated heterocycles. The maximum Gasteiger partial charge on any atom is 0.243 e. The SMILES string of the molecule is CS(=O)(=O)N1Cc2ccccc2CC1C(=O)Nc1ccc(-c2cc3ccccc3o2)cc1. The summed E-state index contributed by atoms with van der Waals surface area (Å²) in [6, 6.07) is 23.9. The first-order valence-electron chi connectivity index (χ1n) is 10.3. The summed E-state index contributed by atoms with van der Waals surface area (Å²) >= 11 is 0. The van der Waals surface area contributed by atoms with Crippen LogP contribution in [0, 0.1) is 0 Å². The van der Waals surface area contributed by atoms with Crippen molar-refractivity contribution in [2.75, 3.05) is 11.6 Å². The Kier molecular flexibility index (Phi) is 5.07. The molecule has 1 N–H and O–H groups in total. The highest BCUT2D eigenvalue weighted by atomic mass is 32.2. The van der Waals surface area contributed by atoms with Gasteiger partial charge in [-0.2, -0.15) is 4.31 Å². The van der Waals surface area contributed by atoms with Crippen LogP contribution in [0.1, 0.15) is 11.1 Å². The molecule has 2 heterocycles. The van der Waals surface area contributed by atoms with Gasteiger partial charge in [-0.25, -0.2) is 8.42 Å². The molecule has 4 aromatic rings. The van der Waals surface area contributed by atoms with E-state index in [2.05, 4.69) is 5.32 Å². The molecule has 0 fully saturated rings. The van der Waals surface area contributed by atoms with Gasteiger partial charge in [0.15, 0.2) is 0 Å². The monoisotopic (exact) mass is 446 g/mol. The third-order valence-corrected chi connectivity index (χ3v) is 7.03. The minimum atomic E-state index is -3.55. The smallest absolute Gasteiger partial charge is 0.243 e. The van der Waals surface area contributed by atoms with Crippen LogP contribution in [0.5, 0.6) is 0 Å². The van der Waals surface area contributed by atoms with Crippen molar-refractivity contribution >= 4 is 32.6 Å². The Morgan fingerprint density at radius 1 is 0.969 bits per heavy atom. The fourth-order valence-corrected chi connectivity index (χ4v) is 5.14. The minimum Gasteiger partial charge on any atom is -0.456 e. The van der Waals surface area contributed by atoms with Crippen LogP contribution >= 0.6 is 0 Å². The summed E-state index contributed by atoms with van der Waals surface area (Å²) in [5.41, 5.74) is 4.23. The quantitative estimate of drug-likeness (QED) is 0.503. The molecule has 0 bridgehead atoms. The lowest BCUT2D eigenvalue weighted by Crippen LogP contribution is -2.50. The number of rotatable bonds is 4. The number of anilines is 1. The summed E-state index contributed by atoms with van der Waals surface area (Å²) in [6.45, 7) is 0.193. The van der Waals surface area contributed by atoms with Gasteiger partial charge in [-0.15, -0.1) is 0 Å². The highest BCUT2D eigenvalue weighted by molar-refractivity contribution is 7.88. The summed E-state index contributed by atoms with van der Waals surface area (Å²) in [5.74, 6) is 0.401. The number of hydrogen-bond acceptors (Lipinski definition) is 4. The van der Waals surface area contributed by atoms with E-state index in [0.29, 0.717) is 12.1 Å². The molecule has 0 radical (unpaired) electrons. The molecule has 5 rings (SSSR count). The number of carbonyl (C=O) groups is 1. The number of nitrogens with one attached hydrogen (secondary N) is 1. The maximum atomic E-state index is 13.1. The van der Waals surface area contributed by atoms with Gasteiger partial charge in [0.2, 0.25) is 15.9 Å². The first-order chi connectivity index (χ1) is 15.4. The topological polar surface area (TPSA) is 79.6 Å². The van der Waals surface area contributed by atoms with E-state index < -0.39 is 16.1 Å². The average molecular weight is 447 g/mol. The molecule has 1 unspecified atom stereocenters. The van der Waals surface area contributed by atoms with Crippen molar-refractivity contribution in [3.05, 3.63) is 90.0 Å². The lowest BCUT2D eigenvalue weighted by molar-refractivity contribution is -0.120. The minimum absolute atomic E-state index is 0.193. The lowest BCUT2D eigenvalue weighted by Gasteiger charge is -2.34. The molecular formula is C25H22N2O4S. The highest BCUT2D eigenvalue weighted by Crippen LogP contribution is 2.29. The Morgan fingerprint density at radius 2 is 1.66 bits per heavy atom. The molecule has 0 saturated carbocycles. The van der Waals surface area contributed by atoms with E-state index >= 15 is 0 Å². The van der Waals surface area contributed by atoms with E-state index in [0.717, 1.165) is 39.7 Å². The number of fused-ring (bicyclic) bond motifs is 2. The summed E-state index contributed by atoms with van der Waals surface area (Å²) in [5, 5.41) is 3.90. The molecule has 1 aliphatic heterocycles. The van der Waals surface area contributed by atoms with Crippen molar-refractivity contribution in [3.63, 3.8) is 0 Å². The van der Waals surface area contributed by atoms with Crippen molar-refractivity contribution in [1.82, 2.24) is 4.31 Å². The van der Waals surface area contributed by atoms with E-state index in [1.807, 2.05) is 66.7 Å². The molecule has 162 valence electrons. The van der Waals surface area contributed by atoms with Gasteiger partial charge in [-0.3, -0.25) is 4.79 Å². The van der Waals surface area contributed by atoms with E-state index in [1.165, 1.54) is 4.31 Å². The van der Waals surface area contributed by atoms with Crippen molar-refractivity contribution in [3.8, 4) is 11.3 Å². The molecule has 6 nitrogen and oxygen atoms in total. The number of furan rings is 1. The van der Waals surface area contributed by atoms with Gasteiger partial charge in [-0.05, 0) is 53.9 Å². The second kappa shape index (κ2) is 7.93. The number of carbonyl (C=O) groups excluding carboxylic acids is 1. The van der Waals surface area contributed by atoms with Gasteiger partial charge in [0, 0.05) is 23.2 Å². The van der Waals surface area contributed by atoms with Crippen LogP contribution in [0.3, 0.4) is 0 Å². The van der Waals surface area contributed by atoms with Gasteiger partial charge < -0.3 is 9.73 Å².